The van der Waals surface area contributed by atoms with Crippen molar-refractivity contribution in [3.05, 3.63) is 59.6 Å². The first kappa shape index (κ1) is 23.0. The molecule has 2 aliphatic rings. The lowest BCUT2D eigenvalue weighted by Crippen LogP contribution is -2.46. The molecule has 2 unspecified atom stereocenters. The minimum absolute atomic E-state index is 0. The Labute approximate surface area is 201 Å². The van der Waals surface area contributed by atoms with E-state index in [1.807, 2.05) is 25.2 Å². The number of hydrogen-bond acceptors (Lipinski definition) is 3. The van der Waals surface area contributed by atoms with Gasteiger partial charge in [0.25, 0.3) is 0 Å². The van der Waals surface area contributed by atoms with Crippen molar-refractivity contribution in [1.82, 2.24) is 10.6 Å². The van der Waals surface area contributed by atoms with Crippen LogP contribution in [-0.2, 0) is 0 Å². The number of rotatable bonds is 5. The molecule has 2 saturated heterocycles. The first-order valence-electron chi connectivity index (χ1n) is 10.5. The van der Waals surface area contributed by atoms with Gasteiger partial charge in [-0.2, -0.15) is 0 Å². The summed E-state index contributed by atoms with van der Waals surface area (Å²) >= 11 is 6.14. The number of aliphatic imine (C=N–C) groups is 1. The van der Waals surface area contributed by atoms with Gasteiger partial charge in [0.05, 0.1) is 0 Å². The number of guanidine groups is 1. The predicted molar refractivity (Wildman–Crippen MR) is 139 cm³/mol. The molecular formula is C23H31ClIN5. The van der Waals surface area contributed by atoms with Crippen molar-refractivity contribution in [3.63, 3.8) is 0 Å². The summed E-state index contributed by atoms with van der Waals surface area (Å²) in [6.45, 7) is 5.17. The summed E-state index contributed by atoms with van der Waals surface area (Å²) in [5, 5.41) is 7.93. The molecular weight excluding hydrogens is 509 g/mol. The molecule has 2 aromatic rings. The fourth-order valence-corrected chi connectivity index (χ4v) is 4.47. The molecule has 0 radical (unpaired) electrons. The lowest BCUT2D eigenvalue weighted by Gasteiger charge is -2.22. The van der Waals surface area contributed by atoms with E-state index in [2.05, 4.69) is 61.8 Å². The summed E-state index contributed by atoms with van der Waals surface area (Å²) in [7, 11) is 1.85. The zero-order valence-corrected chi connectivity index (χ0v) is 20.5. The van der Waals surface area contributed by atoms with Crippen molar-refractivity contribution in [1.29, 1.82) is 0 Å². The van der Waals surface area contributed by atoms with Crippen molar-refractivity contribution in [3.8, 4) is 0 Å². The van der Waals surface area contributed by atoms with Gasteiger partial charge in [0.15, 0.2) is 5.96 Å². The van der Waals surface area contributed by atoms with Gasteiger partial charge in [0, 0.05) is 62.2 Å². The Morgan fingerprint density at radius 1 is 1.00 bits per heavy atom. The summed E-state index contributed by atoms with van der Waals surface area (Å²) in [5.41, 5.74) is 2.52. The van der Waals surface area contributed by atoms with E-state index >= 15 is 0 Å². The number of nitrogens with one attached hydrogen (secondary N) is 2. The highest BCUT2D eigenvalue weighted by molar-refractivity contribution is 14.0. The Bertz CT molecular complexity index is 831. The van der Waals surface area contributed by atoms with E-state index in [9.17, 15) is 0 Å². The molecule has 4 rings (SSSR count). The second kappa shape index (κ2) is 11.1. The number of hydrogen-bond donors (Lipinski definition) is 2. The molecule has 162 valence electrons. The number of nitrogens with zero attached hydrogens (tertiary/aromatic N) is 3. The molecule has 2 atom stereocenters. The lowest BCUT2D eigenvalue weighted by atomic mass is 10.1. The molecule has 0 spiro atoms. The molecule has 2 aliphatic heterocycles. The van der Waals surface area contributed by atoms with Gasteiger partial charge < -0.3 is 20.4 Å². The Kier molecular flexibility index (Phi) is 8.50. The normalized spacial score (nSPS) is 21.5. The Morgan fingerprint density at radius 2 is 1.73 bits per heavy atom. The van der Waals surface area contributed by atoms with Gasteiger partial charge >= 0.3 is 0 Å². The van der Waals surface area contributed by atoms with Gasteiger partial charge in [0.2, 0.25) is 0 Å². The van der Waals surface area contributed by atoms with Gasteiger partial charge in [-0.05, 0) is 49.1 Å². The van der Waals surface area contributed by atoms with Crippen LogP contribution in [0.5, 0.6) is 0 Å². The minimum Gasteiger partial charge on any atom is -0.371 e. The third-order valence-electron chi connectivity index (χ3n) is 5.89. The summed E-state index contributed by atoms with van der Waals surface area (Å²) in [6.07, 6.45) is 2.31. The van der Waals surface area contributed by atoms with Crippen LogP contribution in [0.3, 0.4) is 0 Å². The molecule has 0 bridgehead atoms. The van der Waals surface area contributed by atoms with Crippen LogP contribution in [0.1, 0.15) is 12.8 Å². The molecule has 0 amide bonds. The maximum Gasteiger partial charge on any atom is 0.191 e. The summed E-state index contributed by atoms with van der Waals surface area (Å²) in [6, 6.07) is 19.2. The van der Waals surface area contributed by atoms with Crippen molar-refractivity contribution in [2.45, 2.75) is 18.9 Å². The Morgan fingerprint density at radius 3 is 2.50 bits per heavy atom. The number of anilines is 2. The smallest absolute Gasteiger partial charge is 0.191 e. The van der Waals surface area contributed by atoms with Gasteiger partial charge in [-0.1, -0.05) is 35.9 Å². The highest BCUT2D eigenvalue weighted by Gasteiger charge is 2.25. The van der Waals surface area contributed by atoms with Crippen LogP contribution in [-0.4, -0.2) is 51.8 Å². The van der Waals surface area contributed by atoms with Crippen molar-refractivity contribution < 1.29 is 0 Å². The van der Waals surface area contributed by atoms with E-state index < -0.39 is 0 Å². The van der Waals surface area contributed by atoms with Crippen LogP contribution in [0.15, 0.2) is 59.6 Å². The lowest BCUT2D eigenvalue weighted by molar-refractivity contribution is 0.557. The van der Waals surface area contributed by atoms with Crippen LogP contribution >= 0.6 is 35.6 Å². The fraction of sp³-hybridized carbons (Fsp3) is 0.435. The van der Waals surface area contributed by atoms with Crippen LogP contribution < -0.4 is 20.4 Å². The van der Waals surface area contributed by atoms with Crippen LogP contribution in [0.4, 0.5) is 11.4 Å². The van der Waals surface area contributed by atoms with Crippen LogP contribution in [0, 0.1) is 5.92 Å². The molecule has 2 aromatic carbocycles. The van der Waals surface area contributed by atoms with E-state index in [-0.39, 0.29) is 24.0 Å². The highest BCUT2D eigenvalue weighted by Crippen LogP contribution is 2.24. The summed E-state index contributed by atoms with van der Waals surface area (Å²) in [5.74, 6) is 1.54. The maximum atomic E-state index is 6.14. The second-order valence-electron chi connectivity index (χ2n) is 7.95. The first-order valence-corrected chi connectivity index (χ1v) is 10.9. The number of para-hydroxylation sites is 1. The minimum atomic E-state index is 0. The topological polar surface area (TPSA) is 42.9 Å². The maximum absolute atomic E-state index is 6.14. The third kappa shape index (κ3) is 5.94. The van der Waals surface area contributed by atoms with Crippen molar-refractivity contribution in [2.24, 2.45) is 10.9 Å². The van der Waals surface area contributed by atoms with E-state index in [1.54, 1.807) is 0 Å². The average molecular weight is 540 g/mol. The van der Waals surface area contributed by atoms with E-state index in [1.165, 1.54) is 17.8 Å². The third-order valence-corrected chi connectivity index (χ3v) is 6.13. The Hall–Kier alpha value is -1.67. The van der Waals surface area contributed by atoms with E-state index in [4.69, 9.17) is 11.6 Å². The number of benzene rings is 2. The van der Waals surface area contributed by atoms with Gasteiger partial charge in [-0.15, -0.1) is 24.0 Å². The van der Waals surface area contributed by atoms with Crippen LogP contribution in [0.2, 0.25) is 5.02 Å². The molecule has 5 nitrogen and oxygen atoms in total. The molecule has 0 aromatic heterocycles. The first-order chi connectivity index (χ1) is 14.2. The van der Waals surface area contributed by atoms with Gasteiger partial charge in [-0.3, -0.25) is 4.99 Å². The van der Waals surface area contributed by atoms with E-state index in [0.717, 1.165) is 50.1 Å². The Balaban J connectivity index is 0.00000256. The van der Waals surface area contributed by atoms with Crippen molar-refractivity contribution >= 4 is 52.9 Å². The summed E-state index contributed by atoms with van der Waals surface area (Å²) in [4.78, 5) is 9.30. The van der Waals surface area contributed by atoms with Crippen molar-refractivity contribution in [2.75, 3.05) is 49.6 Å². The van der Waals surface area contributed by atoms with Gasteiger partial charge in [0.1, 0.15) is 0 Å². The van der Waals surface area contributed by atoms with Crippen LogP contribution in [0.25, 0.3) is 0 Å². The molecule has 2 heterocycles. The van der Waals surface area contributed by atoms with Gasteiger partial charge in [-0.25, -0.2) is 0 Å². The molecule has 30 heavy (non-hydrogen) atoms. The summed E-state index contributed by atoms with van der Waals surface area (Å²) < 4.78 is 0. The number of halogens is 2. The molecule has 0 saturated carbocycles. The molecule has 2 fully saturated rings. The monoisotopic (exact) mass is 539 g/mol. The molecule has 2 N–H and O–H groups in total. The highest BCUT2D eigenvalue weighted by atomic mass is 127. The predicted octanol–water partition coefficient (Wildman–Crippen LogP) is 4.23. The molecule has 0 aliphatic carbocycles. The second-order valence-corrected chi connectivity index (χ2v) is 8.38. The zero-order chi connectivity index (χ0) is 20.1. The fourth-order valence-electron chi connectivity index (χ4n) is 4.29. The largest absolute Gasteiger partial charge is 0.371 e. The SMILES string of the molecule is CN=C(NCC1CCN(c2ccccc2)C1)NC1CCN(c2cccc(Cl)c2)C1.I. The quantitative estimate of drug-likeness (QED) is 0.339. The molecule has 7 heteroatoms. The average Bonchev–Trinajstić information content (AvgIpc) is 3.41. The van der Waals surface area contributed by atoms with E-state index in [0.29, 0.717) is 12.0 Å². The zero-order valence-electron chi connectivity index (χ0n) is 17.4. The standard InChI is InChI=1S/C23H30ClN5.HI/c1-25-23(26-15-18-10-12-28(16-18)21-7-3-2-4-8-21)27-20-11-13-29(17-20)22-9-5-6-19(24)14-22;/h2-9,14,18,20H,10-13,15-17H2,1H3,(H2,25,26,27);1H.